The van der Waals surface area contributed by atoms with E-state index in [2.05, 4.69) is 25.9 Å². The number of amides is 1. The Kier molecular flexibility index (Phi) is 3.60. The maximum Gasteiger partial charge on any atom is 0.255 e. The van der Waals surface area contributed by atoms with Gasteiger partial charge in [-0.05, 0) is 19.1 Å². The lowest BCUT2D eigenvalue weighted by molar-refractivity contribution is 0.0935. The van der Waals surface area contributed by atoms with Crippen LogP contribution >= 0.6 is 0 Å². The molecule has 0 fully saturated rings. The van der Waals surface area contributed by atoms with E-state index in [1.807, 2.05) is 0 Å². The van der Waals surface area contributed by atoms with Crippen LogP contribution in [0.4, 0.5) is 5.69 Å². The molecular formula is C11H14N6O2. The quantitative estimate of drug-likeness (QED) is 0.681. The van der Waals surface area contributed by atoms with Gasteiger partial charge in [-0.3, -0.25) is 4.79 Å². The van der Waals surface area contributed by atoms with Crippen molar-refractivity contribution in [1.82, 2.24) is 25.9 Å². The van der Waals surface area contributed by atoms with Crippen molar-refractivity contribution in [2.24, 2.45) is 0 Å². The first-order valence-corrected chi connectivity index (χ1v) is 5.59. The highest BCUT2D eigenvalue weighted by Gasteiger charge is 2.17. The van der Waals surface area contributed by atoms with E-state index in [1.54, 1.807) is 25.1 Å². The molecule has 1 aromatic carbocycles. The summed E-state index contributed by atoms with van der Waals surface area (Å²) >= 11 is 0. The summed E-state index contributed by atoms with van der Waals surface area (Å²) in [5.74, 6) is 0.523. The summed E-state index contributed by atoms with van der Waals surface area (Å²) in [5, 5.41) is 16.1. The van der Waals surface area contributed by atoms with E-state index in [1.165, 1.54) is 7.11 Å². The second-order valence-electron chi connectivity index (χ2n) is 3.92. The van der Waals surface area contributed by atoms with Crippen molar-refractivity contribution in [3.63, 3.8) is 0 Å². The normalized spacial score (nSPS) is 11.9. The number of nitrogens with zero attached hydrogens (tertiary/aromatic N) is 3. The molecule has 0 bridgehead atoms. The molecule has 2 aromatic rings. The Balaban J connectivity index is 2.16. The van der Waals surface area contributed by atoms with Gasteiger partial charge < -0.3 is 15.8 Å². The molecule has 1 amide bonds. The first kappa shape index (κ1) is 12.8. The summed E-state index contributed by atoms with van der Waals surface area (Å²) in [6.45, 7) is 1.76. The Labute approximate surface area is 109 Å². The van der Waals surface area contributed by atoms with Gasteiger partial charge in [0.25, 0.3) is 5.91 Å². The first-order valence-electron chi connectivity index (χ1n) is 5.59. The zero-order chi connectivity index (χ0) is 13.8. The smallest absolute Gasteiger partial charge is 0.255 e. The highest BCUT2D eigenvalue weighted by atomic mass is 16.5. The van der Waals surface area contributed by atoms with E-state index in [-0.39, 0.29) is 11.9 Å². The lowest BCUT2D eigenvalue weighted by Gasteiger charge is -2.12. The number of hydrogen-bond acceptors (Lipinski definition) is 6. The summed E-state index contributed by atoms with van der Waals surface area (Å²) in [4.78, 5) is 12.1. The minimum atomic E-state index is -0.367. The van der Waals surface area contributed by atoms with Crippen molar-refractivity contribution in [1.29, 1.82) is 0 Å². The molecule has 2 rings (SSSR count). The molecule has 1 unspecified atom stereocenters. The van der Waals surface area contributed by atoms with Crippen molar-refractivity contribution in [3.8, 4) is 5.75 Å². The Morgan fingerprint density at radius 2 is 2.32 bits per heavy atom. The number of nitrogen functional groups attached to an aromatic ring is 1. The van der Waals surface area contributed by atoms with Crippen LogP contribution in [0, 0.1) is 0 Å². The molecule has 1 aromatic heterocycles. The lowest BCUT2D eigenvalue weighted by Crippen LogP contribution is -2.27. The maximum atomic E-state index is 12.1. The molecule has 1 atom stereocenters. The van der Waals surface area contributed by atoms with Crippen molar-refractivity contribution in [3.05, 3.63) is 29.6 Å². The zero-order valence-corrected chi connectivity index (χ0v) is 10.5. The number of H-pyrrole nitrogens is 1. The minimum absolute atomic E-state index is 0.297. The van der Waals surface area contributed by atoms with Crippen molar-refractivity contribution in [2.75, 3.05) is 12.8 Å². The van der Waals surface area contributed by atoms with Gasteiger partial charge in [-0.25, -0.2) is 0 Å². The molecular weight excluding hydrogens is 248 g/mol. The van der Waals surface area contributed by atoms with Gasteiger partial charge in [0.05, 0.1) is 18.7 Å². The third kappa shape index (κ3) is 2.79. The van der Waals surface area contributed by atoms with Crippen molar-refractivity contribution >= 4 is 11.6 Å². The summed E-state index contributed by atoms with van der Waals surface area (Å²) < 4.78 is 5.13. The van der Waals surface area contributed by atoms with Crippen LogP contribution in [0.2, 0.25) is 0 Å². The van der Waals surface area contributed by atoms with E-state index in [0.717, 1.165) is 0 Å². The molecule has 0 aliphatic carbocycles. The number of carbonyl (C=O) groups excluding carboxylic acids is 1. The van der Waals surface area contributed by atoms with Crippen molar-refractivity contribution < 1.29 is 9.53 Å². The van der Waals surface area contributed by atoms with Crippen LogP contribution in [-0.4, -0.2) is 33.6 Å². The minimum Gasteiger partial charge on any atom is -0.496 e. The molecule has 100 valence electrons. The van der Waals surface area contributed by atoms with Gasteiger partial charge >= 0.3 is 0 Å². The summed E-state index contributed by atoms with van der Waals surface area (Å²) in [6.07, 6.45) is 0. The maximum absolute atomic E-state index is 12.1. The monoisotopic (exact) mass is 262 g/mol. The van der Waals surface area contributed by atoms with E-state index in [0.29, 0.717) is 22.8 Å². The Bertz CT molecular complexity index is 569. The fourth-order valence-electron chi connectivity index (χ4n) is 1.59. The number of rotatable bonds is 4. The fourth-order valence-corrected chi connectivity index (χ4v) is 1.59. The number of tetrazole rings is 1. The number of nitrogens with one attached hydrogen (secondary N) is 2. The third-order valence-electron chi connectivity index (χ3n) is 2.57. The molecule has 8 nitrogen and oxygen atoms in total. The van der Waals surface area contributed by atoms with Gasteiger partial charge in [0.15, 0.2) is 5.82 Å². The largest absolute Gasteiger partial charge is 0.496 e. The number of methoxy groups -OCH3 is 1. The predicted octanol–water partition coefficient (Wildman–Crippen LogP) is 0.281. The van der Waals surface area contributed by atoms with Gasteiger partial charge in [-0.15, -0.1) is 10.2 Å². The van der Waals surface area contributed by atoms with E-state index in [9.17, 15) is 4.79 Å². The molecule has 0 saturated heterocycles. The van der Waals surface area contributed by atoms with Crippen LogP contribution in [0.1, 0.15) is 29.1 Å². The molecule has 19 heavy (non-hydrogen) atoms. The van der Waals surface area contributed by atoms with Gasteiger partial charge in [0.2, 0.25) is 0 Å². The zero-order valence-electron chi connectivity index (χ0n) is 10.5. The van der Waals surface area contributed by atoms with E-state index in [4.69, 9.17) is 10.5 Å². The number of hydrogen-bond donors (Lipinski definition) is 3. The van der Waals surface area contributed by atoms with Gasteiger partial charge in [-0.1, -0.05) is 5.21 Å². The first-order chi connectivity index (χ1) is 9.11. The molecule has 0 aliphatic heterocycles. The highest BCUT2D eigenvalue weighted by molar-refractivity contribution is 5.97. The topological polar surface area (TPSA) is 119 Å². The number of aromatic nitrogens is 4. The van der Waals surface area contributed by atoms with E-state index >= 15 is 0 Å². The van der Waals surface area contributed by atoms with E-state index < -0.39 is 0 Å². The summed E-state index contributed by atoms with van der Waals surface area (Å²) in [5.41, 5.74) is 6.56. The lowest BCUT2D eigenvalue weighted by atomic mass is 10.1. The number of aromatic amines is 1. The number of benzene rings is 1. The van der Waals surface area contributed by atoms with Gasteiger partial charge in [0.1, 0.15) is 5.75 Å². The standard InChI is InChI=1S/C11H14N6O2/c1-6(10-14-16-17-15-10)13-11(18)8-4-3-7(12)5-9(8)19-2/h3-6H,12H2,1-2H3,(H,13,18)(H,14,15,16,17). The van der Waals surface area contributed by atoms with Crippen LogP contribution in [-0.2, 0) is 0 Å². The molecule has 8 heteroatoms. The predicted molar refractivity (Wildman–Crippen MR) is 67.5 cm³/mol. The van der Waals surface area contributed by atoms with Crippen LogP contribution in [0.3, 0.4) is 0 Å². The Hall–Kier alpha value is -2.64. The molecule has 0 radical (unpaired) electrons. The number of carbonyl (C=O) groups is 1. The Morgan fingerprint density at radius 1 is 1.53 bits per heavy atom. The van der Waals surface area contributed by atoms with Gasteiger partial charge in [-0.2, -0.15) is 5.21 Å². The average molecular weight is 262 g/mol. The van der Waals surface area contributed by atoms with Crippen LogP contribution in [0.25, 0.3) is 0 Å². The molecule has 1 heterocycles. The summed E-state index contributed by atoms with van der Waals surface area (Å²) in [7, 11) is 1.48. The molecule has 4 N–H and O–H groups in total. The Morgan fingerprint density at radius 3 is 2.95 bits per heavy atom. The fraction of sp³-hybridized carbons (Fsp3) is 0.273. The van der Waals surface area contributed by atoms with Crippen LogP contribution < -0.4 is 15.8 Å². The molecule has 0 saturated carbocycles. The number of ether oxygens (including phenoxy) is 1. The number of anilines is 1. The second kappa shape index (κ2) is 5.34. The molecule has 0 aliphatic rings. The number of nitrogens with two attached hydrogens (primary N) is 1. The average Bonchev–Trinajstić information content (AvgIpc) is 2.92. The highest BCUT2D eigenvalue weighted by Crippen LogP contribution is 2.22. The second-order valence-corrected chi connectivity index (χ2v) is 3.92. The van der Waals surface area contributed by atoms with Crippen LogP contribution in [0.15, 0.2) is 18.2 Å². The van der Waals surface area contributed by atoms with Gasteiger partial charge in [0, 0.05) is 11.8 Å². The SMILES string of the molecule is COc1cc(N)ccc1C(=O)NC(C)c1nn[nH]n1. The summed E-state index contributed by atoms with van der Waals surface area (Å²) in [6, 6.07) is 4.46. The van der Waals surface area contributed by atoms with Crippen LogP contribution in [0.5, 0.6) is 5.75 Å². The van der Waals surface area contributed by atoms with Crippen molar-refractivity contribution in [2.45, 2.75) is 13.0 Å². The third-order valence-corrected chi connectivity index (χ3v) is 2.57. The molecule has 0 spiro atoms.